The SMILES string of the molecule is O=C(O)Cn1cnc(NC(=O)C2CCc3cc(F)ccc32)n1. The highest BCUT2D eigenvalue weighted by molar-refractivity contribution is 5.95. The Balaban J connectivity index is 1.71. The molecule has 0 fully saturated rings. The van der Waals surface area contributed by atoms with E-state index in [4.69, 9.17) is 5.11 Å². The molecule has 1 aliphatic rings. The molecular weight excluding hydrogens is 291 g/mol. The molecule has 0 aliphatic heterocycles. The number of halogens is 1. The highest BCUT2D eigenvalue weighted by Crippen LogP contribution is 2.34. The maximum absolute atomic E-state index is 13.2. The van der Waals surface area contributed by atoms with Crippen LogP contribution in [0.15, 0.2) is 24.5 Å². The van der Waals surface area contributed by atoms with E-state index < -0.39 is 5.97 Å². The first kappa shape index (κ1) is 14.2. The van der Waals surface area contributed by atoms with E-state index in [0.29, 0.717) is 12.8 Å². The number of carbonyl (C=O) groups excluding carboxylic acids is 1. The van der Waals surface area contributed by atoms with Gasteiger partial charge < -0.3 is 5.11 Å². The first-order valence-corrected chi connectivity index (χ1v) is 6.73. The highest BCUT2D eigenvalue weighted by Gasteiger charge is 2.29. The summed E-state index contributed by atoms with van der Waals surface area (Å²) in [5.74, 6) is -1.95. The van der Waals surface area contributed by atoms with Crippen molar-refractivity contribution in [2.75, 3.05) is 5.32 Å². The third kappa shape index (κ3) is 2.80. The summed E-state index contributed by atoms with van der Waals surface area (Å²) in [4.78, 5) is 26.7. The second kappa shape index (κ2) is 5.55. The predicted molar refractivity (Wildman–Crippen MR) is 73.7 cm³/mol. The Morgan fingerprint density at radius 2 is 2.27 bits per heavy atom. The van der Waals surface area contributed by atoms with E-state index in [2.05, 4.69) is 15.4 Å². The second-order valence-corrected chi connectivity index (χ2v) is 5.08. The van der Waals surface area contributed by atoms with Gasteiger partial charge in [0.2, 0.25) is 11.9 Å². The Kier molecular flexibility index (Phi) is 3.58. The topological polar surface area (TPSA) is 97.1 Å². The van der Waals surface area contributed by atoms with Gasteiger partial charge >= 0.3 is 5.97 Å². The minimum atomic E-state index is -1.05. The molecule has 1 heterocycles. The summed E-state index contributed by atoms with van der Waals surface area (Å²) in [5.41, 5.74) is 1.65. The van der Waals surface area contributed by atoms with Gasteiger partial charge in [0.15, 0.2) is 0 Å². The largest absolute Gasteiger partial charge is 0.480 e. The van der Waals surface area contributed by atoms with Crippen LogP contribution in [0, 0.1) is 5.82 Å². The zero-order chi connectivity index (χ0) is 15.7. The molecule has 1 aromatic carbocycles. The molecule has 22 heavy (non-hydrogen) atoms. The number of aromatic nitrogens is 3. The number of carbonyl (C=O) groups is 2. The molecule has 0 radical (unpaired) electrons. The minimum absolute atomic E-state index is 0.0572. The van der Waals surface area contributed by atoms with Crippen LogP contribution in [0.3, 0.4) is 0 Å². The molecule has 114 valence electrons. The number of carboxylic acids is 1. The van der Waals surface area contributed by atoms with E-state index in [0.717, 1.165) is 15.8 Å². The maximum atomic E-state index is 13.2. The number of aliphatic carboxylic acids is 1. The van der Waals surface area contributed by atoms with Gasteiger partial charge in [0.05, 0.1) is 5.92 Å². The molecule has 0 bridgehead atoms. The molecule has 0 saturated carbocycles. The molecule has 1 aromatic heterocycles. The molecule has 1 atom stereocenters. The number of hydrogen-bond donors (Lipinski definition) is 2. The van der Waals surface area contributed by atoms with Crippen LogP contribution in [0.1, 0.15) is 23.5 Å². The van der Waals surface area contributed by atoms with Crippen LogP contribution in [0.2, 0.25) is 0 Å². The Morgan fingerprint density at radius 3 is 3.05 bits per heavy atom. The maximum Gasteiger partial charge on any atom is 0.325 e. The average molecular weight is 304 g/mol. The molecule has 8 heteroatoms. The third-order valence-electron chi connectivity index (χ3n) is 3.57. The van der Waals surface area contributed by atoms with Crippen molar-refractivity contribution in [3.8, 4) is 0 Å². The highest BCUT2D eigenvalue weighted by atomic mass is 19.1. The third-order valence-corrected chi connectivity index (χ3v) is 3.57. The standard InChI is InChI=1S/C14H13FN4O3/c15-9-2-4-10-8(5-9)1-3-11(10)13(22)17-14-16-7-19(18-14)6-12(20)21/h2,4-5,7,11H,1,3,6H2,(H,20,21)(H,17,18,22). The van der Waals surface area contributed by atoms with Crippen molar-refractivity contribution in [3.63, 3.8) is 0 Å². The monoisotopic (exact) mass is 304 g/mol. The summed E-state index contributed by atoms with van der Waals surface area (Å²) in [6, 6.07) is 4.41. The fourth-order valence-corrected chi connectivity index (χ4v) is 2.62. The number of rotatable bonds is 4. The van der Waals surface area contributed by atoms with Gasteiger partial charge in [-0.1, -0.05) is 6.07 Å². The lowest BCUT2D eigenvalue weighted by molar-refractivity contribution is -0.137. The molecule has 0 spiro atoms. The number of amides is 1. The number of fused-ring (bicyclic) bond motifs is 1. The average Bonchev–Trinajstić information content (AvgIpc) is 3.04. The van der Waals surface area contributed by atoms with Gasteiger partial charge in [0, 0.05) is 0 Å². The predicted octanol–water partition coefficient (Wildman–Crippen LogP) is 1.17. The smallest absolute Gasteiger partial charge is 0.325 e. The molecule has 2 N–H and O–H groups in total. The lowest BCUT2D eigenvalue weighted by Gasteiger charge is -2.10. The van der Waals surface area contributed by atoms with Crippen LogP contribution in [-0.2, 0) is 22.6 Å². The van der Waals surface area contributed by atoms with Crippen molar-refractivity contribution in [1.82, 2.24) is 14.8 Å². The lowest BCUT2D eigenvalue weighted by atomic mass is 10.0. The fraction of sp³-hybridized carbons (Fsp3) is 0.286. The van der Waals surface area contributed by atoms with E-state index >= 15 is 0 Å². The summed E-state index contributed by atoms with van der Waals surface area (Å²) < 4.78 is 14.3. The number of carboxylic acid groups (broad SMARTS) is 1. The van der Waals surface area contributed by atoms with Gasteiger partial charge in [0.1, 0.15) is 18.7 Å². The van der Waals surface area contributed by atoms with Gasteiger partial charge in [-0.2, -0.15) is 0 Å². The zero-order valence-electron chi connectivity index (χ0n) is 11.5. The Hall–Kier alpha value is -2.77. The Labute approximate surface area is 124 Å². The number of aryl methyl sites for hydroxylation is 1. The summed E-state index contributed by atoms with van der Waals surface area (Å²) in [5, 5.41) is 15.1. The second-order valence-electron chi connectivity index (χ2n) is 5.08. The van der Waals surface area contributed by atoms with Gasteiger partial charge in [0.25, 0.3) is 0 Å². The zero-order valence-corrected chi connectivity index (χ0v) is 11.5. The molecule has 7 nitrogen and oxygen atoms in total. The van der Waals surface area contributed by atoms with E-state index in [1.165, 1.54) is 18.5 Å². The van der Waals surface area contributed by atoms with Crippen molar-refractivity contribution < 1.29 is 19.1 Å². The molecule has 3 rings (SSSR count). The Morgan fingerprint density at radius 1 is 1.45 bits per heavy atom. The summed E-state index contributed by atoms with van der Waals surface area (Å²) in [6.07, 6.45) is 2.48. The number of nitrogens with zero attached hydrogens (tertiary/aromatic N) is 3. The molecule has 0 saturated heterocycles. The lowest BCUT2D eigenvalue weighted by Crippen LogP contribution is -2.20. The van der Waals surface area contributed by atoms with Crippen LogP contribution < -0.4 is 5.32 Å². The van der Waals surface area contributed by atoms with Crippen molar-refractivity contribution in [2.24, 2.45) is 0 Å². The molecule has 1 amide bonds. The van der Waals surface area contributed by atoms with Crippen LogP contribution >= 0.6 is 0 Å². The Bertz CT molecular complexity index is 743. The van der Waals surface area contributed by atoms with Crippen molar-refractivity contribution >= 4 is 17.8 Å². The summed E-state index contributed by atoms with van der Waals surface area (Å²) >= 11 is 0. The quantitative estimate of drug-likeness (QED) is 0.883. The van der Waals surface area contributed by atoms with E-state index in [1.807, 2.05) is 0 Å². The molecule has 1 unspecified atom stereocenters. The molecule has 1 aliphatic carbocycles. The van der Waals surface area contributed by atoms with Gasteiger partial charge in [-0.3, -0.25) is 14.9 Å². The van der Waals surface area contributed by atoms with Crippen molar-refractivity contribution in [2.45, 2.75) is 25.3 Å². The normalized spacial score (nSPS) is 16.3. The van der Waals surface area contributed by atoms with Crippen LogP contribution in [0.25, 0.3) is 0 Å². The van der Waals surface area contributed by atoms with E-state index in [-0.39, 0.29) is 30.1 Å². The van der Waals surface area contributed by atoms with Gasteiger partial charge in [-0.25, -0.2) is 14.1 Å². The number of benzene rings is 1. The van der Waals surface area contributed by atoms with E-state index in [9.17, 15) is 14.0 Å². The number of hydrogen-bond acceptors (Lipinski definition) is 4. The van der Waals surface area contributed by atoms with Crippen LogP contribution in [0.4, 0.5) is 10.3 Å². The molecule has 2 aromatic rings. The first-order valence-electron chi connectivity index (χ1n) is 6.73. The number of anilines is 1. The molecular formula is C14H13FN4O3. The van der Waals surface area contributed by atoms with E-state index in [1.54, 1.807) is 6.07 Å². The van der Waals surface area contributed by atoms with Crippen LogP contribution in [0.5, 0.6) is 0 Å². The van der Waals surface area contributed by atoms with Crippen molar-refractivity contribution in [3.05, 3.63) is 41.5 Å². The summed E-state index contributed by atoms with van der Waals surface area (Å²) in [6.45, 7) is -0.325. The van der Waals surface area contributed by atoms with Gasteiger partial charge in [-0.15, -0.1) is 5.10 Å². The fourth-order valence-electron chi connectivity index (χ4n) is 2.62. The number of nitrogens with one attached hydrogen (secondary N) is 1. The van der Waals surface area contributed by atoms with Gasteiger partial charge in [-0.05, 0) is 36.1 Å². The summed E-state index contributed by atoms with van der Waals surface area (Å²) in [7, 11) is 0. The van der Waals surface area contributed by atoms with Crippen molar-refractivity contribution in [1.29, 1.82) is 0 Å². The minimum Gasteiger partial charge on any atom is -0.480 e. The van der Waals surface area contributed by atoms with Crippen LogP contribution in [-0.4, -0.2) is 31.7 Å². The first-order chi connectivity index (χ1) is 10.5.